The van der Waals surface area contributed by atoms with Crippen molar-refractivity contribution in [3.05, 3.63) is 105 Å². The molecule has 3 rings (SSSR count). The van der Waals surface area contributed by atoms with Gasteiger partial charge in [0.2, 0.25) is 0 Å². The van der Waals surface area contributed by atoms with Crippen LogP contribution in [0.2, 0.25) is 5.02 Å². The highest BCUT2D eigenvalue weighted by molar-refractivity contribution is 7.98. The number of nitro groups is 1. The van der Waals surface area contributed by atoms with Gasteiger partial charge in [-0.1, -0.05) is 35.9 Å². The Balaban J connectivity index is 1.54. The number of hydrogen-bond donors (Lipinski definition) is 1. The third-order valence-corrected chi connectivity index (χ3v) is 5.23. The number of rotatable bonds is 7. The Morgan fingerprint density at radius 3 is 2.52 bits per heavy atom. The first-order chi connectivity index (χ1) is 14.0. The molecule has 0 atom stereocenters. The number of thioether (sulfide) groups is 1. The van der Waals surface area contributed by atoms with E-state index in [2.05, 4.69) is 10.5 Å². The highest BCUT2D eigenvalue weighted by Crippen LogP contribution is 2.24. The molecule has 0 aliphatic heterocycles. The normalized spacial score (nSPS) is 10.8. The molecule has 0 unspecified atom stereocenters. The zero-order chi connectivity index (χ0) is 20.6. The van der Waals surface area contributed by atoms with Gasteiger partial charge in [-0.2, -0.15) is 5.10 Å². The molecule has 29 heavy (non-hydrogen) atoms. The van der Waals surface area contributed by atoms with Crippen LogP contribution in [0.3, 0.4) is 0 Å². The summed E-state index contributed by atoms with van der Waals surface area (Å²) in [6, 6.07) is 20.9. The van der Waals surface area contributed by atoms with Gasteiger partial charge in [0.05, 0.1) is 11.1 Å². The van der Waals surface area contributed by atoms with Crippen LogP contribution in [-0.4, -0.2) is 17.0 Å². The van der Waals surface area contributed by atoms with Crippen LogP contribution in [0.1, 0.15) is 21.5 Å². The van der Waals surface area contributed by atoms with E-state index in [1.165, 1.54) is 18.3 Å². The number of nitro benzene ring substituents is 1. The van der Waals surface area contributed by atoms with Crippen LogP contribution < -0.4 is 5.43 Å². The maximum atomic E-state index is 12.2. The van der Waals surface area contributed by atoms with Gasteiger partial charge in [0, 0.05) is 38.9 Å². The second-order valence-corrected chi connectivity index (χ2v) is 7.48. The summed E-state index contributed by atoms with van der Waals surface area (Å²) < 4.78 is 0. The molecule has 0 spiro atoms. The van der Waals surface area contributed by atoms with Crippen LogP contribution in [0, 0.1) is 10.1 Å². The first kappa shape index (κ1) is 20.6. The molecule has 0 saturated carbocycles. The molecule has 8 heteroatoms. The van der Waals surface area contributed by atoms with Crippen LogP contribution in [0.5, 0.6) is 0 Å². The second kappa shape index (κ2) is 9.86. The first-order valence-corrected chi connectivity index (χ1v) is 9.93. The predicted molar refractivity (Wildman–Crippen MR) is 116 cm³/mol. The summed E-state index contributed by atoms with van der Waals surface area (Å²) in [5.41, 5.74) is 4.47. The fourth-order valence-electron chi connectivity index (χ4n) is 2.40. The van der Waals surface area contributed by atoms with Gasteiger partial charge in [-0.15, -0.1) is 11.8 Å². The van der Waals surface area contributed by atoms with E-state index in [1.54, 1.807) is 36.0 Å². The number of hydrogen-bond acceptors (Lipinski definition) is 5. The number of amides is 1. The van der Waals surface area contributed by atoms with Crippen LogP contribution in [0.15, 0.2) is 82.8 Å². The average Bonchev–Trinajstić information content (AvgIpc) is 2.74. The van der Waals surface area contributed by atoms with Gasteiger partial charge < -0.3 is 0 Å². The van der Waals surface area contributed by atoms with Crippen LogP contribution >= 0.6 is 23.4 Å². The number of carbonyl (C=O) groups is 1. The Bertz CT molecular complexity index is 1040. The van der Waals surface area contributed by atoms with E-state index < -0.39 is 4.92 Å². The lowest BCUT2D eigenvalue weighted by Gasteiger charge is -2.04. The van der Waals surface area contributed by atoms with Crippen molar-refractivity contribution in [1.29, 1.82) is 0 Å². The zero-order valence-electron chi connectivity index (χ0n) is 15.1. The molecule has 6 nitrogen and oxygen atoms in total. The van der Waals surface area contributed by atoms with Crippen molar-refractivity contribution in [3.63, 3.8) is 0 Å². The van der Waals surface area contributed by atoms with Crippen LogP contribution in [0.25, 0.3) is 0 Å². The lowest BCUT2D eigenvalue weighted by molar-refractivity contribution is -0.384. The smallest absolute Gasteiger partial charge is 0.267 e. The molecule has 0 heterocycles. The maximum absolute atomic E-state index is 12.2. The lowest BCUT2D eigenvalue weighted by Crippen LogP contribution is -2.17. The lowest BCUT2D eigenvalue weighted by atomic mass is 10.1. The standard InChI is InChI=1S/C21H16ClN3O3S/c22-18-8-10-20(11-9-18)29-14-15-4-6-17(7-5-15)21(26)24-23-13-16-2-1-3-19(12-16)25(27)28/h1-13H,14H2,(H,24,26)/b23-13+. The molecule has 0 bridgehead atoms. The van der Waals surface area contributed by atoms with E-state index in [4.69, 9.17) is 11.6 Å². The number of non-ortho nitro benzene ring substituents is 1. The van der Waals surface area contributed by atoms with Crippen molar-refractivity contribution < 1.29 is 9.72 Å². The quantitative estimate of drug-likeness (QED) is 0.241. The van der Waals surface area contributed by atoms with E-state index >= 15 is 0 Å². The van der Waals surface area contributed by atoms with E-state index in [9.17, 15) is 14.9 Å². The molecule has 0 radical (unpaired) electrons. The molecular weight excluding hydrogens is 410 g/mol. The van der Waals surface area contributed by atoms with Crippen molar-refractivity contribution in [1.82, 2.24) is 5.43 Å². The maximum Gasteiger partial charge on any atom is 0.271 e. The predicted octanol–water partition coefficient (Wildman–Crippen LogP) is 5.30. The molecule has 0 aliphatic carbocycles. The number of benzene rings is 3. The first-order valence-electron chi connectivity index (χ1n) is 8.56. The van der Waals surface area contributed by atoms with Gasteiger partial charge >= 0.3 is 0 Å². The van der Waals surface area contributed by atoms with E-state index in [0.29, 0.717) is 16.1 Å². The van der Waals surface area contributed by atoms with Gasteiger partial charge in [-0.25, -0.2) is 5.43 Å². The van der Waals surface area contributed by atoms with Gasteiger partial charge in [0.15, 0.2) is 0 Å². The van der Waals surface area contributed by atoms with Gasteiger partial charge in [-0.3, -0.25) is 14.9 Å². The third kappa shape index (κ3) is 6.17. The van der Waals surface area contributed by atoms with Crippen molar-refractivity contribution in [2.75, 3.05) is 0 Å². The number of halogens is 1. The highest BCUT2D eigenvalue weighted by atomic mass is 35.5. The van der Waals surface area contributed by atoms with Gasteiger partial charge in [0.1, 0.15) is 0 Å². The van der Waals surface area contributed by atoms with Crippen LogP contribution in [-0.2, 0) is 5.75 Å². The fourth-order valence-corrected chi connectivity index (χ4v) is 3.38. The van der Waals surface area contributed by atoms with E-state index in [1.807, 2.05) is 36.4 Å². The topological polar surface area (TPSA) is 84.6 Å². The molecular formula is C21H16ClN3O3S. The number of carbonyl (C=O) groups excluding carboxylic acids is 1. The molecule has 0 aliphatic rings. The third-order valence-electron chi connectivity index (χ3n) is 3.90. The zero-order valence-corrected chi connectivity index (χ0v) is 16.7. The number of hydrazone groups is 1. The summed E-state index contributed by atoms with van der Waals surface area (Å²) >= 11 is 7.56. The largest absolute Gasteiger partial charge is 0.271 e. The van der Waals surface area contributed by atoms with Crippen molar-refractivity contribution in [2.45, 2.75) is 10.6 Å². The Morgan fingerprint density at radius 2 is 1.83 bits per heavy atom. The fraction of sp³-hybridized carbons (Fsp3) is 0.0476. The number of nitrogens with one attached hydrogen (secondary N) is 1. The minimum absolute atomic E-state index is 0.0349. The molecule has 1 N–H and O–H groups in total. The van der Waals surface area contributed by atoms with E-state index in [-0.39, 0.29) is 11.6 Å². The summed E-state index contributed by atoms with van der Waals surface area (Å²) in [5.74, 6) is 0.415. The summed E-state index contributed by atoms with van der Waals surface area (Å²) in [6.45, 7) is 0. The summed E-state index contributed by atoms with van der Waals surface area (Å²) in [6.07, 6.45) is 1.36. The molecule has 3 aromatic carbocycles. The molecule has 0 saturated heterocycles. The minimum Gasteiger partial charge on any atom is -0.267 e. The Hall–Kier alpha value is -3.16. The molecule has 146 valence electrons. The van der Waals surface area contributed by atoms with Crippen molar-refractivity contribution >= 4 is 41.2 Å². The SMILES string of the molecule is O=C(N/N=C/c1cccc([N+](=O)[O-])c1)c1ccc(CSc2ccc(Cl)cc2)cc1. The van der Waals surface area contributed by atoms with Crippen molar-refractivity contribution in [2.24, 2.45) is 5.10 Å². The summed E-state index contributed by atoms with van der Waals surface area (Å²) in [5, 5.41) is 15.3. The molecule has 0 aromatic heterocycles. The van der Waals surface area contributed by atoms with Crippen molar-refractivity contribution in [3.8, 4) is 0 Å². The molecule has 1 amide bonds. The Labute approximate surface area is 176 Å². The summed E-state index contributed by atoms with van der Waals surface area (Å²) in [7, 11) is 0. The highest BCUT2D eigenvalue weighted by Gasteiger charge is 2.06. The van der Waals surface area contributed by atoms with E-state index in [0.717, 1.165) is 16.2 Å². The number of nitrogens with zero attached hydrogens (tertiary/aromatic N) is 2. The van der Waals surface area contributed by atoms with Gasteiger partial charge in [0.25, 0.3) is 11.6 Å². The summed E-state index contributed by atoms with van der Waals surface area (Å²) in [4.78, 5) is 23.6. The van der Waals surface area contributed by atoms with Gasteiger partial charge in [-0.05, 0) is 42.0 Å². The Morgan fingerprint density at radius 1 is 1.10 bits per heavy atom. The molecule has 3 aromatic rings. The monoisotopic (exact) mass is 425 g/mol. The van der Waals surface area contributed by atoms with Crippen LogP contribution in [0.4, 0.5) is 5.69 Å². The average molecular weight is 426 g/mol. The minimum atomic E-state index is -0.483. The second-order valence-electron chi connectivity index (χ2n) is 5.99. The Kier molecular flexibility index (Phi) is 6.99. The molecule has 0 fully saturated rings.